The number of hydrogen-bond donors (Lipinski definition) is 1. The van der Waals surface area contributed by atoms with E-state index in [1.165, 1.54) is 0 Å². The highest BCUT2D eigenvalue weighted by atomic mass is 32.2. The number of hydrogen-bond acceptors (Lipinski definition) is 4. The molecule has 0 aromatic carbocycles. The lowest BCUT2D eigenvalue weighted by molar-refractivity contribution is 0.214. The average Bonchev–Trinajstić information content (AvgIpc) is 2.46. The molecule has 5 nitrogen and oxygen atoms in total. The summed E-state index contributed by atoms with van der Waals surface area (Å²) in [4.78, 5) is 3.93. The van der Waals surface area contributed by atoms with Crippen LogP contribution < -0.4 is 5.73 Å². The minimum atomic E-state index is -3.32. The summed E-state index contributed by atoms with van der Waals surface area (Å²) < 4.78 is 26.7. The van der Waals surface area contributed by atoms with Crippen molar-refractivity contribution in [2.24, 2.45) is 5.73 Å². The molecule has 0 saturated carbocycles. The van der Waals surface area contributed by atoms with Gasteiger partial charge in [-0.05, 0) is 37.5 Å². The smallest absolute Gasteiger partial charge is 0.214 e. The van der Waals surface area contributed by atoms with Gasteiger partial charge in [-0.15, -0.1) is 0 Å². The van der Waals surface area contributed by atoms with Crippen LogP contribution in [-0.2, 0) is 16.4 Å². The maximum absolute atomic E-state index is 12.6. The van der Waals surface area contributed by atoms with E-state index in [0.717, 1.165) is 5.56 Å². The van der Waals surface area contributed by atoms with Gasteiger partial charge in [0.15, 0.2) is 0 Å². The first-order chi connectivity index (χ1) is 9.39. The summed E-state index contributed by atoms with van der Waals surface area (Å²) in [5, 5.41) is 0. The molecule has 114 valence electrons. The maximum Gasteiger partial charge on any atom is 0.214 e. The molecule has 1 aromatic heterocycles. The average molecular weight is 299 g/mol. The van der Waals surface area contributed by atoms with Crippen LogP contribution in [0, 0.1) is 0 Å². The van der Waals surface area contributed by atoms with Crippen molar-refractivity contribution in [3.05, 3.63) is 30.1 Å². The Morgan fingerprint density at radius 2 is 1.90 bits per heavy atom. The van der Waals surface area contributed by atoms with E-state index in [-0.39, 0.29) is 5.75 Å². The van der Waals surface area contributed by atoms with Crippen molar-refractivity contribution in [2.45, 2.75) is 39.2 Å². The largest absolute Gasteiger partial charge is 0.329 e. The van der Waals surface area contributed by atoms with Gasteiger partial charge in [0.25, 0.3) is 0 Å². The van der Waals surface area contributed by atoms with Crippen molar-refractivity contribution in [3.63, 3.8) is 0 Å². The lowest BCUT2D eigenvalue weighted by atomic mass is 9.99. The molecular weight excluding hydrogens is 274 g/mol. The number of rotatable bonds is 8. The van der Waals surface area contributed by atoms with Crippen LogP contribution in [0.4, 0.5) is 0 Å². The van der Waals surface area contributed by atoms with Crippen LogP contribution in [0.15, 0.2) is 24.5 Å². The quantitative estimate of drug-likeness (QED) is 0.787. The van der Waals surface area contributed by atoms with E-state index in [0.29, 0.717) is 25.9 Å². The van der Waals surface area contributed by atoms with Crippen molar-refractivity contribution in [3.8, 4) is 0 Å². The molecule has 0 amide bonds. The Balaban J connectivity index is 2.85. The summed E-state index contributed by atoms with van der Waals surface area (Å²) in [6.45, 7) is 6.49. The van der Waals surface area contributed by atoms with Crippen molar-refractivity contribution in [1.29, 1.82) is 0 Å². The molecule has 0 bridgehead atoms. The Morgan fingerprint density at radius 1 is 1.30 bits per heavy atom. The summed E-state index contributed by atoms with van der Waals surface area (Å²) >= 11 is 0. The lowest BCUT2D eigenvalue weighted by Gasteiger charge is -2.38. The third-order valence-electron chi connectivity index (χ3n) is 3.82. The van der Waals surface area contributed by atoms with Gasteiger partial charge in [0, 0.05) is 31.0 Å². The van der Waals surface area contributed by atoms with E-state index in [1.807, 2.05) is 32.9 Å². The van der Waals surface area contributed by atoms with Crippen LogP contribution in [0.3, 0.4) is 0 Å². The van der Waals surface area contributed by atoms with Gasteiger partial charge in [-0.1, -0.05) is 13.8 Å². The zero-order valence-electron chi connectivity index (χ0n) is 12.5. The van der Waals surface area contributed by atoms with E-state index in [9.17, 15) is 8.42 Å². The predicted octanol–water partition coefficient (Wildman–Crippen LogP) is 1.40. The van der Waals surface area contributed by atoms with Crippen LogP contribution >= 0.6 is 0 Å². The fraction of sp³-hybridized carbons (Fsp3) is 0.643. The van der Waals surface area contributed by atoms with Crippen molar-refractivity contribution >= 4 is 10.0 Å². The van der Waals surface area contributed by atoms with E-state index in [2.05, 4.69) is 4.98 Å². The highest BCUT2D eigenvalue weighted by Crippen LogP contribution is 2.22. The number of pyridine rings is 1. The van der Waals surface area contributed by atoms with Crippen LogP contribution in [0.1, 0.15) is 32.8 Å². The Kier molecular flexibility index (Phi) is 6.10. The van der Waals surface area contributed by atoms with Crippen molar-refractivity contribution in [2.75, 3.05) is 18.8 Å². The van der Waals surface area contributed by atoms with E-state index in [4.69, 9.17) is 5.73 Å². The van der Waals surface area contributed by atoms with Crippen molar-refractivity contribution in [1.82, 2.24) is 9.29 Å². The Bertz CT molecular complexity index is 498. The standard InChI is InChI=1S/C14H25N3O2S/c1-4-14(3,12-15)17(5-2)20(18,19)11-8-13-6-9-16-10-7-13/h6-7,9-10H,4-5,8,11-12,15H2,1-3H3. The van der Waals surface area contributed by atoms with Crippen LogP contribution in [0.5, 0.6) is 0 Å². The second kappa shape index (κ2) is 7.15. The molecule has 1 aromatic rings. The zero-order chi connectivity index (χ0) is 15.2. The summed E-state index contributed by atoms with van der Waals surface area (Å²) in [5.41, 5.74) is 6.25. The molecule has 6 heteroatoms. The number of likely N-dealkylation sites (N-methyl/N-ethyl adjacent to an activating group) is 1. The first kappa shape index (κ1) is 17.1. The van der Waals surface area contributed by atoms with Crippen LogP contribution in [0.2, 0.25) is 0 Å². The maximum atomic E-state index is 12.6. The van der Waals surface area contributed by atoms with Gasteiger partial charge in [0.05, 0.1) is 5.75 Å². The first-order valence-electron chi connectivity index (χ1n) is 6.99. The number of sulfonamides is 1. The molecule has 20 heavy (non-hydrogen) atoms. The van der Waals surface area contributed by atoms with E-state index in [1.54, 1.807) is 16.7 Å². The summed E-state index contributed by atoms with van der Waals surface area (Å²) in [6, 6.07) is 3.68. The molecule has 1 heterocycles. The van der Waals surface area contributed by atoms with Gasteiger partial charge in [0.1, 0.15) is 0 Å². The molecule has 0 spiro atoms. The lowest BCUT2D eigenvalue weighted by Crippen LogP contribution is -2.54. The van der Waals surface area contributed by atoms with Gasteiger partial charge in [-0.25, -0.2) is 8.42 Å². The molecule has 0 fully saturated rings. The third-order valence-corrected chi connectivity index (χ3v) is 5.92. The topological polar surface area (TPSA) is 76.3 Å². The highest BCUT2D eigenvalue weighted by Gasteiger charge is 2.35. The normalized spacial score (nSPS) is 15.2. The van der Waals surface area contributed by atoms with Crippen LogP contribution in [-0.4, -0.2) is 42.1 Å². The fourth-order valence-electron chi connectivity index (χ4n) is 2.24. The fourth-order valence-corrected chi connectivity index (χ4v) is 4.23. The van der Waals surface area contributed by atoms with Gasteiger partial charge >= 0.3 is 0 Å². The van der Waals surface area contributed by atoms with Gasteiger partial charge in [-0.2, -0.15) is 4.31 Å². The molecule has 1 unspecified atom stereocenters. The van der Waals surface area contributed by atoms with Crippen molar-refractivity contribution < 1.29 is 8.42 Å². The minimum Gasteiger partial charge on any atom is -0.329 e. The minimum absolute atomic E-state index is 0.0977. The molecule has 0 saturated heterocycles. The van der Waals surface area contributed by atoms with Gasteiger partial charge < -0.3 is 5.73 Å². The predicted molar refractivity (Wildman–Crippen MR) is 81.9 cm³/mol. The van der Waals surface area contributed by atoms with E-state index < -0.39 is 15.6 Å². The molecule has 0 aliphatic carbocycles. The zero-order valence-corrected chi connectivity index (χ0v) is 13.4. The Hall–Kier alpha value is -0.980. The Morgan fingerprint density at radius 3 is 2.35 bits per heavy atom. The molecule has 1 atom stereocenters. The van der Waals surface area contributed by atoms with Gasteiger partial charge in [-0.3, -0.25) is 4.98 Å². The number of aromatic nitrogens is 1. The molecular formula is C14H25N3O2S. The van der Waals surface area contributed by atoms with Crippen LogP contribution in [0.25, 0.3) is 0 Å². The molecule has 0 aliphatic heterocycles. The highest BCUT2D eigenvalue weighted by molar-refractivity contribution is 7.89. The number of aryl methyl sites for hydroxylation is 1. The number of nitrogens with two attached hydrogens (primary N) is 1. The number of nitrogens with zero attached hydrogens (tertiary/aromatic N) is 2. The SMILES string of the molecule is CCN(C(C)(CC)CN)S(=O)(=O)CCc1ccncc1. The summed E-state index contributed by atoms with van der Waals surface area (Å²) in [5.74, 6) is 0.0977. The molecule has 2 N–H and O–H groups in total. The van der Waals surface area contributed by atoms with E-state index >= 15 is 0 Å². The second-order valence-electron chi connectivity index (χ2n) is 5.14. The Labute approximate surface area is 122 Å². The second-order valence-corrected chi connectivity index (χ2v) is 7.15. The molecule has 0 radical (unpaired) electrons. The van der Waals surface area contributed by atoms with Gasteiger partial charge in [0.2, 0.25) is 10.0 Å². The molecule has 1 rings (SSSR count). The molecule has 0 aliphatic rings. The third kappa shape index (κ3) is 4.01. The first-order valence-corrected chi connectivity index (χ1v) is 8.60. The monoisotopic (exact) mass is 299 g/mol. The summed E-state index contributed by atoms with van der Waals surface area (Å²) in [7, 11) is -3.32. The summed E-state index contributed by atoms with van der Waals surface area (Å²) in [6.07, 6.45) is 4.54.